The summed E-state index contributed by atoms with van der Waals surface area (Å²) in [5.74, 6) is -1.57. The molecule has 0 aromatic rings. The SMILES string of the molecule is CC(C)(C)OC(=O)C(C)(C)C/C=C(/N)C(=O)O. The molecular weight excluding hydrogens is 222 g/mol. The lowest BCUT2D eigenvalue weighted by atomic mass is 9.89. The normalized spacial score (nSPS) is 13.4. The molecule has 0 unspecified atom stereocenters. The molecule has 0 spiro atoms. The molecule has 98 valence electrons. The van der Waals surface area contributed by atoms with Crippen LogP contribution in [0.2, 0.25) is 0 Å². The quantitative estimate of drug-likeness (QED) is 0.579. The minimum absolute atomic E-state index is 0.222. The minimum Gasteiger partial charge on any atom is -0.477 e. The van der Waals surface area contributed by atoms with Gasteiger partial charge in [-0.3, -0.25) is 4.79 Å². The predicted octanol–water partition coefficient (Wildman–Crippen LogP) is 1.67. The van der Waals surface area contributed by atoms with E-state index in [-0.39, 0.29) is 18.1 Å². The van der Waals surface area contributed by atoms with E-state index in [1.807, 2.05) is 0 Å². The van der Waals surface area contributed by atoms with E-state index in [0.717, 1.165) is 0 Å². The molecule has 0 aliphatic carbocycles. The van der Waals surface area contributed by atoms with Crippen molar-refractivity contribution in [3.63, 3.8) is 0 Å². The molecule has 0 amide bonds. The first kappa shape index (κ1) is 15.5. The van der Waals surface area contributed by atoms with Crippen molar-refractivity contribution in [1.29, 1.82) is 0 Å². The summed E-state index contributed by atoms with van der Waals surface area (Å²) < 4.78 is 5.24. The van der Waals surface area contributed by atoms with Crippen LogP contribution in [0.15, 0.2) is 11.8 Å². The Morgan fingerprint density at radius 2 is 1.71 bits per heavy atom. The van der Waals surface area contributed by atoms with Crippen LogP contribution in [0.1, 0.15) is 41.0 Å². The second kappa shape index (κ2) is 5.21. The number of esters is 1. The Kier molecular flexibility index (Phi) is 4.74. The third kappa shape index (κ3) is 5.94. The number of carbonyl (C=O) groups is 2. The van der Waals surface area contributed by atoms with Crippen LogP contribution in [-0.4, -0.2) is 22.6 Å². The van der Waals surface area contributed by atoms with Crippen molar-refractivity contribution in [3.8, 4) is 0 Å². The van der Waals surface area contributed by atoms with E-state index in [2.05, 4.69) is 0 Å². The molecule has 0 saturated heterocycles. The summed E-state index contributed by atoms with van der Waals surface area (Å²) in [6, 6.07) is 0. The number of hydrogen-bond acceptors (Lipinski definition) is 4. The second-order valence-electron chi connectivity index (χ2n) is 5.55. The van der Waals surface area contributed by atoms with Gasteiger partial charge in [0, 0.05) is 0 Å². The van der Waals surface area contributed by atoms with Crippen molar-refractivity contribution >= 4 is 11.9 Å². The van der Waals surface area contributed by atoms with Gasteiger partial charge in [0.05, 0.1) is 5.41 Å². The Balaban J connectivity index is 4.64. The molecule has 17 heavy (non-hydrogen) atoms. The zero-order chi connectivity index (χ0) is 13.9. The van der Waals surface area contributed by atoms with E-state index in [4.69, 9.17) is 15.6 Å². The standard InChI is InChI=1S/C12H21NO4/c1-11(2,3)17-10(16)12(4,5)7-6-8(13)9(14)15/h6H,7,13H2,1-5H3,(H,14,15)/b8-6+. The fraction of sp³-hybridized carbons (Fsp3) is 0.667. The van der Waals surface area contributed by atoms with Gasteiger partial charge in [0.1, 0.15) is 11.3 Å². The van der Waals surface area contributed by atoms with Crippen molar-refractivity contribution in [3.05, 3.63) is 11.8 Å². The zero-order valence-electron chi connectivity index (χ0n) is 11.0. The maximum Gasteiger partial charge on any atom is 0.351 e. The molecular formula is C12H21NO4. The Morgan fingerprint density at radius 1 is 1.24 bits per heavy atom. The average molecular weight is 243 g/mol. The monoisotopic (exact) mass is 243 g/mol. The Morgan fingerprint density at radius 3 is 2.06 bits per heavy atom. The van der Waals surface area contributed by atoms with Gasteiger partial charge in [-0.25, -0.2) is 4.79 Å². The number of nitrogens with two attached hydrogens (primary N) is 1. The van der Waals surface area contributed by atoms with Gasteiger partial charge in [-0.15, -0.1) is 0 Å². The van der Waals surface area contributed by atoms with Crippen molar-refractivity contribution in [1.82, 2.24) is 0 Å². The van der Waals surface area contributed by atoms with Crippen LogP contribution in [-0.2, 0) is 14.3 Å². The van der Waals surface area contributed by atoms with E-state index < -0.39 is 17.0 Å². The molecule has 0 aliphatic rings. The van der Waals surface area contributed by atoms with Crippen LogP contribution in [0.5, 0.6) is 0 Å². The van der Waals surface area contributed by atoms with Gasteiger partial charge in [-0.2, -0.15) is 0 Å². The van der Waals surface area contributed by atoms with E-state index in [1.165, 1.54) is 6.08 Å². The van der Waals surface area contributed by atoms with E-state index >= 15 is 0 Å². The van der Waals surface area contributed by atoms with Crippen molar-refractivity contribution in [2.45, 2.75) is 46.6 Å². The molecule has 0 bridgehead atoms. The smallest absolute Gasteiger partial charge is 0.351 e. The lowest BCUT2D eigenvalue weighted by molar-refractivity contribution is -0.165. The molecule has 0 aliphatic heterocycles. The number of carbonyl (C=O) groups excluding carboxylic acids is 1. The number of hydrogen-bond donors (Lipinski definition) is 2. The van der Waals surface area contributed by atoms with Crippen LogP contribution in [0.4, 0.5) is 0 Å². The topological polar surface area (TPSA) is 89.6 Å². The number of carboxylic acid groups (broad SMARTS) is 1. The van der Waals surface area contributed by atoms with Gasteiger partial charge in [0.2, 0.25) is 0 Å². The lowest BCUT2D eigenvalue weighted by Crippen LogP contribution is -2.33. The van der Waals surface area contributed by atoms with E-state index in [0.29, 0.717) is 0 Å². The summed E-state index contributed by atoms with van der Waals surface area (Å²) in [4.78, 5) is 22.3. The van der Waals surface area contributed by atoms with E-state index in [1.54, 1.807) is 34.6 Å². The average Bonchev–Trinajstić information content (AvgIpc) is 2.11. The molecule has 3 N–H and O–H groups in total. The number of ether oxygens (including phenoxy) is 1. The maximum absolute atomic E-state index is 11.8. The first-order valence-electron chi connectivity index (χ1n) is 5.38. The van der Waals surface area contributed by atoms with Crippen molar-refractivity contribution in [2.75, 3.05) is 0 Å². The van der Waals surface area contributed by atoms with Gasteiger partial charge in [-0.05, 0) is 41.0 Å². The van der Waals surface area contributed by atoms with Crippen LogP contribution < -0.4 is 5.73 Å². The summed E-state index contributed by atoms with van der Waals surface area (Å²) in [6.07, 6.45) is 1.55. The first-order chi connectivity index (χ1) is 7.46. The highest BCUT2D eigenvalue weighted by Crippen LogP contribution is 2.26. The van der Waals surface area contributed by atoms with Crippen LogP contribution in [0.3, 0.4) is 0 Å². The third-order valence-corrected chi connectivity index (χ3v) is 2.03. The first-order valence-corrected chi connectivity index (χ1v) is 5.38. The summed E-state index contributed by atoms with van der Waals surface area (Å²) in [5.41, 5.74) is 3.64. The molecule has 0 fully saturated rings. The van der Waals surface area contributed by atoms with Crippen LogP contribution in [0, 0.1) is 5.41 Å². The zero-order valence-corrected chi connectivity index (χ0v) is 11.0. The van der Waals surface area contributed by atoms with Crippen molar-refractivity contribution < 1.29 is 19.4 Å². The highest BCUT2D eigenvalue weighted by molar-refractivity contribution is 5.85. The molecule has 5 nitrogen and oxygen atoms in total. The molecule has 5 heteroatoms. The van der Waals surface area contributed by atoms with Gasteiger partial charge in [0.15, 0.2) is 0 Å². The number of rotatable bonds is 4. The molecule has 0 radical (unpaired) electrons. The van der Waals surface area contributed by atoms with Gasteiger partial charge in [-0.1, -0.05) is 6.08 Å². The molecule has 0 atom stereocenters. The van der Waals surface area contributed by atoms with E-state index in [9.17, 15) is 9.59 Å². The Labute approximate surface area is 102 Å². The van der Waals surface area contributed by atoms with Crippen LogP contribution in [0.25, 0.3) is 0 Å². The fourth-order valence-electron chi connectivity index (χ4n) is 0.952. The molecule has 0 aromatic heterocycles. The summed E-state index contributed by atoms with van der Waals surface area (Å²) in [7, 11) is 0. The minimum atomic E-state index is -1.19. The van der Waals surface area contributed by atoms with Gasteiger partial charge < -0.3 is 15.6 Å². The number of allylic oxidation sites excluding steroid dienone is 1. The Hall–Kier alpha value is -1.52. The summed E-state index contributed by atoms with van der Waals surface area (Å²) in [6.45, 7) is 8.71. The highest BCUT2D eigenvalue weighted by Gasteiger charge is 2.31. The summed E-state index contributed by atoms with van der Waals surface area (Å²) in [5, 5.41) is 8.59. The molecule has 0 heterocycles. The summed E-state index contributed by atoms with van der Waals surface area (Å²) >= 11 is 0. The largest absolute Gasteiger partial charge is 0.477 e. The van der Waals surface area contributed by atoms with Crippen molar-refractivity contribution in [2.24, 2.45) is 11.1 Å². The number of carboxylic acids is 1. The molecule has 0 rings (SSSR count). The third-order valence-electron chi connectivity index (χ3n) is 2.03. The predicted molar refractivity (Wildman–Crippen MR) is 64.1 cm³/mol. The lowest BCUT2D eigenvalue weighted by Gasteiger charge is -2.27. The van der Waals surface area contributed by atoms with Gasteiger partial charge in [0.25, 0.3) is 0 Å². The maximum atomic E-state index is 11.8. The second-order valence-corrected chi connectivity index (χ2v) is 5.55. The fourth-order valence-corrected chi connectivity index (χ4v) is 0.952. The Bertz CT molecular complexity index is 337. The highest BCUT2D eigenvalue weighted by atomic mass is 16.6. The van der Waals surface area contributed by atoms with Gasteiger partial charge >= 0.3 is 11.9 Å². The van der Waals surface area contributed by atoms with Crippen LogP contribution >= 0.6 is 0 Å². The number of aliphatic carboxylic acids is 1. The molecule has 0 saturated carbocycles. The molecule has 0 aromatic carbocycles.